The van der Waals surface area contributed by atoms with Crippen molar-refractivity contribution in [2.75, 3.05) is 24.6 Å². The van der Waals surface area contributed by atoms with E-state index in [2.05, 4.69) is 32.5 Å². The van der Waals surface area contributed by atoms with Gasteiger partial charge in [-0.2, -0.15) is 5.10 Å². The first-order valence-electron chi connectivity index (χ1n) is 10.1. The molecule has 1 aliphatic heterocycles. The Balaban J connectivity index is 1.24. The van der Waals surface area contributed by atoms with Gasteiger partial charge in [0.15, 0.2) is 0 Å². The highest BCUT2D eigenvalue weighted by Crippen LogP contribution is 2.15. The Hall–Kier alpha value is -3.39. The summed E-state index contributed by atoms with van der Waals surface area (Å²) in [6.45, 7) is 5.33. The molecule has 1 aromatic carbocycles. The summed E-state index contributed by atoms with van der Waals surface area (Å²) in [4.78, 5) is 18.9. The molecule has 1 saturated heterocycles. The summed E-state index contributed by atoms with van der Waals surface area (Å²) < 4.78 is 7.36. The average Bonchev–Trinajstić information content (AvgIpc) is 3.32. The number of hydrogen-bond donors (Lipinski definition) is 2. The molecule has 2 amide bonds. The molecule has 1 fully saturated rings. The van der Waals surface area contributed by atoms with E-state index in [-0.39, 0.29) is 12.1 Å². The SMILES string of the molecule is CC1CN(c2ccc(CNC(=O)NCc3cccc(-n4cccn4)c3)cn2)CCO1. The summed E-state index contributed by atoms with van der Waals surface area (Å²) in [6.07, 6.45) is 5.65. The Morgan fingerprint density at radius 3 is 2.77 bits per heavy atom. The zero-order valence-corrected chi connectivity index (χ0v) is 17.0. The van der Waals surface area contributed by atoms with Gasteiger partial charge in [0.05, 0.1) is 18.4 Å². The van der Waals surface area contributed by atoms with Crippen LogP contribution in [0.2, 0.25) is 0 Å². The van der Waals surface area contributed by atoms with E-state index < -0.39 is 0 Å². The van der Waals surface area contributed by atoms with Gasteiger partial charge in [0, 0.05) is 44.8 Å². The predicted molar refractivity (Wildman–Crippen MR) is 115 cm³/mol. The number of ether oxygens (including phenoxy) is 1. The van der Waals surface area contributed by atoms with E-state index in [0.29, 0.717) is 13.1 Å². The second-order valence-corrected chi connectivity index (χ2v) is 7.31. The van der Waals surface area contributed by atoms with Gasteiger partial charge in [-0.3, -0.25) is 0 Å². The quantitative estimate of drug-likeness (QED) is 0.657. The monoisotopic (exact) mass is 406 g/mol. The highest BCUT2D eigenvalue weighted by atomic mass is 16.5. The number of benzene rings is 1. The molecule has 8 nitrogen and oxygen atoms in total. The van der Waals surface area contributed by atoms with E-state index in [1.54, 1.807) is 10.9 Å². The van der Waals surface area contributed by atoms with Gasteiger partial charge in [-0.25, -0.2) is 14.5 Å². The summed E-state index contributed by atoms with van der Waals surface area (Å²) in [6, 6.07) is 13.6. The van der Waals surface area contributed by atoms with E-state index in [1.165, 1.54) is 0 Å². The van der Waals surface area contributed by atoms with E-state index >= 15 is 0 Å². The van der Waals surface area contributed by atoms with E-state index in [9.17, 15) is 4.79 Å². The van der Waals surface area contributed by atoms with Crippen LogP contribution < -0.4 is 15.5 Å². The maximum atomic E-state index is 12.2. The lowest BCUT2D eigenvalue weighted by molar-refractivity contribution is 0.0529. The lowest BCUT2D eigenvalue weighted by Gasteiger charge is -2.32. The molecule has 0 saturated carbocycles. The maximum Gasteiger partial charge on any atom is 0.315 e. The largest absolute Gasteiger partial charge is 0.375 e. The van der Waals surface area contributed by atoms with Gasteiger partial charge in [0.25, 0.3) is 0 Å². The van der Waals surface area contributed by atoms with Crippen molar-refractivity contribution in [1.82, 2.24) is 25.4 Å². The summed E-state index contributed by atoms with van der Waals surface area (Å²) in [5, 5.41) is 9.99. The van der Waals surface area contributed by atoms with E-state index in [4.69, 9.17) is 4.74 Å². The maximum absolute atomic E-state index is 12.2. The lowest BCUT2D eigenvalue weighted by Crippen LogP contribution is -2.41. The standard InChI is InChI=1S/C22H26N6O2/c1-17-16-27(10-11-30-17)21-7-6-19(14-23-21)15-25-22(29)24-13-18-4-2-5-20(12-18)28-9-3-8-26-28/h2-9,12,14,17H,10-11,13,15-16H2,1H3,(H2,24,25,29). The van der Waals surface area contributed by atoms with Crippen LogP contribution in [0.1, 0.15) is 18.1 Å². The highest BCUT2D eigenvalue weighted by Gasteiger charge is 2.17. The van der Waals surface area contributed by atoms with Crippen molar-refractivity contribution in [2.24, 2.45) is 0 Å². The molecule has 1 unspecified atom stereocenters. The number of anilines is 1. The molecule has 3 aromatic rings. The van der Waals surface area contributed by atoms with Crippen molar-refractivity contribution >= 4 is 11.8 Å². The van der Waals surface area contributed by atoms with Gasteiger partial charge in [-0.05, 0) is 42.3 Å². The van der Waals surface area contributed by atoms with Crippen molar-refractivity contribution in [3.05, 3.63) is 72.2 Å². The first kappa shape index (κ1) is 19.9. The summed E-state index contributed by atoms with van der Waals surface area (Å²) in [5.74, 6) is 0.940. The van der Waals surface area contributed by atoms with Crippen LogP contribution in [0.3, 0.4) is 0 Å². The number of urea groups is 1. The number of pyridine rings is 1. The van der Waals surface area contributed by atoms with Gasteiger partial charge in [-0.15, -0.1) is 0 Å². The third-order valence-electron chi connectivity index (χ3n) is 4.96. The second-order valence-electron chi connectivity index (χ2n) is 7.31. The molecule has 0 spiro atoms. The molecule has 30 heavy (non-hydrogen) atoms. The molecule has 0 bridgehead atoms. The number of carbonyl (C=O) groups excluding carboxylic acids is 1. The van der Waals surface area contributed by atoms with Gasteiger partial charge < -0.3 is 20.3 Å². The van der Waals surface area contributed by atoms with Crippen LogP contribution in [-0.2, 0) is 17.8 Å². The first-order chi connectivity index (χ1) is 14.7. The number of nitrogens with zero attached hydrogens (tertiary/aromatic N) is 4. The Labute approximate surface area is 175 Å². The Kier molecular flexibility index (Phi) is 6.24. The van der Waals surface area contributed by atoms with Crippen molar-refractivity contribution in [1.29, 1.82) is 0 Å². The number of carbonyl (C=O) groups is 1. The van der Waals surface area contributed by atoms with Gasteiger partial charge >= 0.3 is 6.03 Å². The smallest absolute Gasteiger partial charge is 0.315 e. The average molecular weight is 406 g/mol. The third kappa shape index (κ3) is 5.15. The van der Waals surface area contributed by atoms with Crippen LogP contribution in [0.5, 0.6) is 0 Å². The van der Waals surface area contributed by atoms with Crippen molar-refractivity contribution in [3.8, 4) is 5.69 Å². The van der Waals surface area contributed by atoms with Crippen molar-refractivity contribution < 1.29 is 9.53 Å². The fraction of sp³-hybridized carbons (Fsp3) is 0.318. The van der Waals surface area contributed by atoms with Crippen LogP contribution >= 0.6 is 0 Å². The number of aromatic nitrogens is 3. The fourth-order valence-corrected chi connectivity index (χ4v) is 3.39. The third-order valence-corrected chi connectivity index (χ3v) is 4.96. The summed E-state index contributed by atoms with van der Waals surface area (Å²) in [5.41, 5.74) is 2.92. The fourth-order valence-electron chi connectivity index (χ4n) is 3.39. The zero-order chi connectivity index (χ0) is 20.8. The predicted octanol–water partition coefficient (Wildman–Crippen LogP) is 2.49. The molecule has 1 aliphatic rings. The summed E-state index contributed by atoms with van der Waals surface area (Å²) >= 11 is 0. The summed E-state index contributed by atoms with van der Waals surface area (Å²) in [7, 11) is 0. The van der Waals surface area contributed by atoms with Gasteiger partial charge in [-0.1, -0.05) is 18.2 Å². The molecular weight excluding hydrogens is 380 g/mol. The first-order valence-corrected chi connectivity index (χ1v) is 10.1. The topological polar surface area (TPSA) is 84.3 Å². The highest BCUT2D eigenvalue weighted by molar-refractivity contribution is 5.73. The number of amides is 2. The van der Waals surface area contributed by atoms with Crippen LogP contribution in [0.4, 0.5) is 10.6 Å². The van der Waals surface area contributed by atoms with Crippen LogP contribution in [0, 0.1) is 0 Å². The molecule has 0 aliphatic carbocycles. The Morgan fingerprint density at radius 2 is 2.03 bits per heavy atom. The molecule has 8 heteroatoms. The number of nitrogens with one attached hydrogen (secondary N) is 2. The van der Waals surface area contributed by atoms with Crippen molar-refractivity contribution in [2.45, 2.75) is 26.1 Å². The number of hydrogen-bond acceptors (Lipinski definition) is 5. The minimum absolute atomic E-state index is 0.214. The van der Waals surface area contributed by atoms with E-state index in [0.717, 1.165) is 42.3 Å². The molecule has 156 valence electrons. The molecule has 2 N–H and O–H groups in total. The molecule has 3 heterocycles. The van der Waals surface area contributed by atoms with Gasteiger partial charge in [0.1, 0.15) is 5.82 Å². The molecule has 1 atom stereocenters. The minimum atomic E-state index is -0.217. The lowest BCUT2D eigenvalue weighted by atomic mass is 10.2. The van der Waals surface area contributed by atoms with Crippen LogP contribution in [0.15, 0.2) is 61.1 Å². The van der Waals surface area contributed by atoms with Crippen molar-refractivity contribution in [3.63, 3.8) is 0 Å². The van der Waals surface area contributed by atoms with Gasteiger partial charge in [0.2, 0.25) is 0 Å². The van der Waals surface area contributed by atoms with E-state index in [1.807, 2.05) is 54.9 Å². The Morgan fingerprint density at radius 1 is 1.17 bits per heavy atom. The minimum Gasteiger partial charge on any atom is -0.375 e. The molecular formula is C22H26N6O2. The Bertz CT molecular complexity index is 958. The molecule has 4 rings (SSSR count). The number of rotatable bonds is 6. The second kappa shape index (κ2) is 9.41. The normalized spacial score (nSPS) is 16.3. The number of morpholine rings is 1. The van der Waals surface area contributed by atoms with Crippen LogP contribution in [-0.4, -0.2) is 46.6 Å². The van der Waals surface area contributed by atoms with Crippen LogP contribution in [0.25, 0.3) is 5.69 Å². The molecule has 0 radical (unpaired) electrons. The molecule has 2 aromatic heterocycles. The zero-order valence-electron chi connectivity index (χ0n) is 17.0.